The topological polar surface area (TPSA) is 60.0 Å². The van der Waals surface area contributed by atoms with Crippen molar-refractivity contribution in [3.63, 3.8) is 0 Å². The molecule has 2 fully saturated rings. The Balaban J connectivity index is 1.44. The summed E-state index contributed by atoms with van der Waals surface area (Å²) in [4.78, 5) is 15.4. The average molecular weight is 405 g/mol. The zero-order valence-corrected chi connectivity index (χ0v) is 17.8. The van der Waals surface area contributed by atoms with Crippen molar-refractivity contribution in [2.45, 2.75) is 57.5 Å². The maximum absolute atomic E-state index is 13.0. The number of carbonyl (C=O) groups is 1. The van der Waals surface area contributed by atoms with Gasteiger partial charge in [-0.15, -0.1) is 0 Å². The van der Waals surface area contributed by atoms with Gasteiger partial charge in [-0.3, -0.25) is 9.69 Å². The number of hydrogen-bond acceptors (Lipinski definition) is 5. The van der Waals surface area contributed by atoms with Crippen molar-refractivity contribution in [1.82, 2.24) is 4.90 Å². The molecule has 0 unspecified atom stereocenters. The molecule has 1 aromatic rings. The fraction of sp³-hybridized carbons (Fsp3) is 0.696. The number of ether oxygens (including phenoxy) is 3. The molecule has 1 amide bonds. The molecular formula is C23H36N2O4. The Morgan fingerprint density at radius 1 is 1.10 bits per heavy atom. The molecule has 6 nitrogen and oxygen atoms in total. The summed E-state index contributed by atoms with van der Waals surface area (Å²) in [6.07, 6.45) is 6.82. The second-order valence-electron chi connectivity index (χ2n) is 8.04. The van der Waals surface area contributed by atoms with Crippen molar-refractivity contribution in [3.8, 4) is 5.75 Å². The molecule has 0 radical (unpaired) electrons. The largest absolute Gasteiger partial charge is 0.494 e. The third kappa shape index (κ3) is 6.69. The first-order chi connectivity index (χ1) is 14.2. The van der Waals surface area contributed by atoms with Gasteiger partial charge in [0, 0.05) is 31.9 Å². The standard InChI is InChI=1S/C23H36N2O4/c1-2-16-29-23(11-4-3-5-12-23)22(26)24-20-7-9-21(10-8-20)28-17-6-13-25-14-18-27-19-15-25/h7-10H,2-6,11-19H2,1H3,(H,24,26). The molecule has 1 saturated heterocycles. The Morgan fingerprint density at radius 2 is 1.83 bits per heavy atom. The molecule has 2 aliphatic rings. The van der Waals surface area contributed by atoms with Crippen LogP contribution in [-0.2, 0) is 14.3 Å². The van der Waals surface area contributed by atoms with Crippen LogP contribution in [0.25, 0.3) is 0 Å². The normalized spacial score (nSPS) is 19.6. The van der Waals surface area contributed by atoms with Crippen LogP contribution >= 0.6 is 0 Å². The van der Waals surface area contributed by atoms with Crippen molar-refractivity contribution in [2.75, 3.05) is 51.4 Å². The number of morpholine rings is 1. The Labute approximate surface area is 174 Å². The minimum absolute atomic E-state index is 0.00942. The molecule has 6 heteroatoms. The maximum Gasteiger partial charge on any atom is 0.256 e. The van der Waals surface area contributed by atoms with Gasteiger partial charge < -0.3 is 19.5 Å². The van der Waals surface area contributed by atoms with Gasteiger partial charge in [-0.1, -0.05) is 26.2 Å². The molecule has 1 N–H and O–H groups in total. The molecule has 3 rings (SSSR count). The molecule has 1 saturated carbocycles. The number of nitrogens with zero attached hydrogens (tertiary/aromatic N) is 1. The fourth-order valence-corrected chi connectivity index (χ4v) is 4.04. The number of hydrogen-bond donors (Lipinski definition) is 1. The van der Waals surface area contributed by atoms with Crippen molar-refractivity contribution in [2.24, 2.45) is 0 Å². The summed E-state index contributed by atoms with van der Waals surface area (Å²) >= 11 is 0. The van der Waals surface area contributed by atoms with Crippen LogP contribution in [0.2, 0.25) is 0 Å². The van der Waals surface area contributed by atoms with E-state index in [-0.39, 0.29) is 5.91 Å². The van der Waals surface area contributed by atoms with Crippen molar-refractivity contribution < 1.29 is 19.0 Å². The predicted molar refractivity (Wildman–Crippen MR) is 115 cm³/mol. The van der Waals surface area contributed by atoms with Gasteiger partial charge in [-0.2, -0.15) is 0 Å². The smallest absolute Gasteiger partial charge is 0.256 e. The summed E-state index contributed by atoms with van der Waals surface area (Å²) in [7, 11) is 0. The molecule has 0 spiro atoms. The van der Waals surface area contributed by atoms with E-state index in [0.29, 0.717) is 13.2 Å². The van der Waals surface area contributed by atoms with Crippen molar-refractivity contribution in [3.05, 3.63) is 24.3 Å². The van der Waals surface area contributed by atoms with E-state index in [2.05, 4.69) is 17.1 Å². The molecule has 162 valence electrons. The van der Waals surface area contributed by atoms with Gasteiger partial charge in [0.2, 0.25) is 0 Å². The molecule has 1 aliphatic heterocycles. The van der Waals surface area contributed by atoms with Crippen LogP contribution in [0, 0.1) is 0 Å². The van der Waals surface area contributed by atoms with Crippen LogP contribution in [0.4, 0.5) is 5.69 Å². The number of rotatable bonds is 10. The van der Waals surface area contributed by atoms with Crippen LogP contribution in [0.15, 0.2) is 24.3 Å². The minimum Gasteiger partial charge on any atom is -0.494 e. The molecule has 0 bridgehead atoms. The first-order valence-corrected chi connectivity index (χ1v) is 11.2. The Morgan fingerprint density at radius 3 is 2.52 bits per heavy atom. The minimum atomic E-state index is -0.664. The quantitative estimate of drug-likeness (QED) is 0.600. The highest BCUT2D eigenvalue weighted by Crippen LogP contribution is 2.33. The first kappa shape index (κ1) is 22.1. The lowest BCUT2D eigenvalue weighted by Gasteiger charge is -2.35. The first-order valence-electron chi connectivity index (χ1n) is 11.2. The van der Waals surface area contributed by atoms with E-state index in [4.69, 9.17) is 14.2 Å². The van der Waals surface area contributed by atoms with E-state index in [0.717, 1.165) is 82.8 Å². The van der Waals surface area contributed by atoms with Crippen LogP contribution in [0.1, 0.15) is 51.9 Å². The summed E-state index contributed by atoms with van der Waals surface area (Å²) in [5.74, 6) is 0.824. The third-order valence-electron chi connectivity index (χ3n) is 5.76. The summed E-state index contributed by atoms with van der Waals surface area (Å²) in [5, 5.41) is 3.06. The Bertz CT molecular complexity index is 608. The molecule has 29 heavy (non-hydrogen) atoms. The van der Waals surface area contributed by atoms with E-state index >= 15 is 0 Å². The maximum atomic E-state index is 13.0. The summed E-state index contributed by atoms with van der Waals surface area (Å²) < 4.78 is 17.3. The van der Waals surface area contributed by atoms with Gasteiger partial charge in [-0.05, 0) is 49.9 Å². The van der Waals surface area contributed by atoms with Crippen LogP contribution in [-0.4, -0.2) is 62.5 Å². The monoisotopic (exact) mass is 404 g/mol. The average Bonchev–Trinajstić information content (AvgIpc) is 2.78. The highest BCUT2D eigenvalue weighted by Gasteiger charge is 2.40. The van der Waals surface area contributed by atoms with E-state index < -0.39 is 5.60 Å². The predicted octanol–water partition coefficient (Wildman–Crippen LogP) is 3.86. The van der Waals surface area contributed by atoms with Gasteiger partial charge in [0.15, 0.2) is 0 Å². The molecular weight excluding hydrogens is 368 g/mol. The Kier molecular flexibility index (Phi) is 8.77. The second-order valence-corrected chi connectivity index (χ2v) is 8.04. The Hall–Kier alpha value is -1.63. The zero-order valence-electron chi connectivity index (χ0n) is 17.8. The van der Waals surface area contributed by atoms with Crippen LogP contribution < -0.4 is 10.1 Å². The van der Waals surface area contributed by atoms with E-state index in [9.17, 15) is 4.79 Å². The zero-order chi connectivity index (χ0) is 20.4. The fourth-order valence-electron chi connectivity index (χ4n) is 4.04. The molecule has 1 aliphatic carbocycles. The highest BCUT2D eigenvalue weighted by molar-refractivity contribution is 5.97. The number of carbonyl (C=O) groups excluding carboxylic acids is 1. The number of anilines is 1. The molecule has 1 aromatic carbocycles. The summed E-state index contributed by atoms with van der Waals surface area (Å²) in [6, 6.07) is 7.66. The SMILES string of the molecule is CCCOC1(C(=O)Nc2ccc(OCCCN3CCOCC3)cc2)CCCCC1. The van der Waals surface area contributed by atoms with Gasteiger partial charge in [0.1, 0.15) is 11.4 Å². The lowest BCUT2D eigenvalue weighted by Crippen LogP contribution is -2.47. The van der Waals surface area contributed by atoms with E-state index in [1.165, 1.54) is 6.42 Å². The summed E-state index contributed by atoms with van der Waals surface area (Å²) in [5.41, 5.74) is 0.129. The highest BCUT2D eigenvalue weighted by atomic mass is 16.5. The number of benzene rings is 1. The molecule has 0 atom stereocenters. The molecule has 0 aromatic heterocycles. The van der Waals surface area contributed by atoms with Crippen LogP contribution in [0.5, 0.6) is 5.75 Å². The lowest BCUT2D eigenvalue weighted by molar-refractivity contribution is -0.146. The van der Waals surface area contributed by atoms with Crippen molar-refractivity contribution >= 4 is 11.6 Å². The number of amides is 1. The van der Waals surface area contributed by atoms with E-state index in [1.54, 1.807) is 0 Å². The van der Waals surface area contributed by atoms with Gasteiger partial charge in [-0.25, -0.2) is 0 Å². The van der Waals surface area contributed by atoms with E-state index in [1.807, 2.05) is 24.3 Å². The van der Waals surface area contributed by atoms with Crippen LogP contribution in [0.3, 0.4) is 0 Å². The van der Waals surface area contributed by atoms with Crippen molar-refractivity contribution in [1.29, 1.82) is 0 Å². The molecule has 1 heterocycles. The van der Waals surface area contributed by atoms with Gasteiger partial charge in [0.25, 0.3) is 5.91 Å². The van der Waals surface area contributed by atoms with Gasteiger partial charge in [0.05, 0.1) is 19.8 Å². The number of nitrogens with one attached hydrogen (secondary N) is 1. The lowest BCUT2D eigenvalue weighted by atomic mass is 9.83. The van der Waals surface area contributed by atoms with Gasteiger partial charge >= 0.3 is 0 Å². The second kappa shape index (κ2) is 11.5. The third-order valence-corrected chi connectivity index (χ3v) is 5.76. The summed E-state index contributed by atoms with van der Waals surface area (Å²) in [6.45, 7) is 8.13.